The maximum absolute atomic E-state index is 13.6. The van der Waals surface area contributed by atoms with Crippen molar-refractivity contribution in [3.63, 3.8) is 0 Å². The van der Waals surface area contributed by atoms with Crippen LogP contribution in [0.15, 0.2) is 11.0 Å². The first kappa shape index (κ1) is 12.8. The van der Waals surface area contributed by atoms with Crippen LogP contribution < -0.4 is 11.4 Å². The number of ether oxygens (including phenoxy) is 1. The number of anilines is 1. The number of halogens is 3. The van der Waals surface area contributed by atoms with Crippen molar-refractivity contribution in [2.24, 2.45) is 0 Å². The Hall–Kier alpha value is -1.61. The molecule has 1 aliphatic rings. The van der Waals surface area contributed by atoms with Gasteiger partial charge in [0.15, 0.2) is 30.2 Å². The Morgan fingerprint density at radius 3 is 2.72 bits per heavy atom. The molecule has 4 atom stereocenters. The van der Waals surface area contributed by atoms with Crippen molar-refractivity contribution >= 4 is 5.82 Å². The molecule has 1 aromatic heterocycles. The van der Waals surface area contributed by atoms with Crippen LogP contribution in [0.3, 0.4) is 0 Å². The van der Waals surface area contributed by atoms with Gasteiger partial charge in [-0.25, -0.2) is 18.0 Å². The summed E-state index contributed by atoms with van der Waals surface area (Å²) in [7, 11) is 0. The Bertz CT molecular complexity index is 510. The molecule has 0 amide bonds. The molecular formula is C9H10F3N3O3. The quantitative estimate of drug-likeness (QED) is 0.754. The molecule has 2 rings (SSSR count). The second-order valence-electron chi connectivity index (χ2n) is 3.80. The monoisotopic (exact) mass is 265 g/mol. The van der Waals surface area contributed by atoms with Crippen molar-refractivity contribution in [3.05, 3.63) is 22.5 Å². The molecule has 1 aliphatic heterocycles. The highest BCUT2D eigenvalue weighted by atomic mass is 19.2. The molecule has 6 nitrogen and oxygen atoms in total. The minimum atomic E-state index is -2.20. The first-order chi connectivity index (χ1) is 8.45. The molecule has 0 aliphatic carbocycles. The lowest BCUT2D eigenvalue weighted by molar-refractivity contribution is -0.0440. The van der Waals surface area contributed by atoms with Gasteiger partial charge in [0, 0.05) is 0 Å². The number of nitrogens with two attached hydrogens (primary N) is 1. The summed E-state index contributed by atoms with van der Waals surface area (Å²) in [5.74, 6) is -1.69. The number of aliphatic hydroxyl groups excluding tert-OH is 1. The Labute approximate surface area is 98.8 Å². The van der Waals surface area contributed by atoms with Gasteiger partial charge >= 0.3 is 5.69 Å². The lowest BCUT2D eigenvalue weighted by atomic mass is 10.2. The minimum Gasteiger partial charge on any atom is -0.394 e. The minimum absolute atomic E-state index is 0.471. The number of nitrogen functional groups attached to an aromatic ring is 1. The maximum Gasteiger partial charge on any atom is 0.351 e. The summed E-state index contributed by atoms with van der Waals surface area (Å²) >= 11 is 0. The van der Waals surface area contributed by atoms with Gasteiger partial charge in [0.2, 0.25) is 0 Å². The van der Waals surface area contributed by atoms with Crippen molar-refractivity contribution in [2.75, 3.05) is 12.3 Å². The van der Waals surface area contributed by atoms with Crippen LogP contribution in [0.5, 0.6) is 0 Å². The molecule has 1 aromatic rings. The van der Waals surface area contributed by atoms with E-state index in [2.05, 4.69) is 4.98 Å². The van der Waals surface area contributed by atoms with Crippen LogP contribution in [0.1, 0.15) is 6.23 Å². The van der Waals surface area contributed by atoms with Crippen molar-refractivity contribution in [3.8, 4) is 0 Å². The smallest absolute Gasteiger partial charge is 0.351 e. The number of nitrogens with zero attached hydrogens (tertiary/aromatic N) is 2. The SMILES string of the molecule is Nc1nc(=O)n([C@@H]2O[C@H](CO)[C@@H](F)[C@H]2F)cc1F. The summed E-state index contributed by atoms with van der Waals surface area (Å²) in [4.78, 5) is 14.5. The molecule has 0 spiro atoms. The predicted octanol–water partition coefficient (Wildman–Crippen LogP) is -0.469. The Morgan fingerprint density at radius 1 is 1.50 bits per heavy atom. The average molecular weight is 265 g/mol. The van der Waals surface area contributed by atoms with E-state index in [9.17, 15) is 18.0 Å². The zero-order chi connectivity index (χ0) is 13.4. The van der Waals surface area contributed by atoms with Crippen LogP contribution >= 0.6 is 0 Å². The molecule has 0 saturated carbocycles. The van der Waals surface area contributed by atoms with E-state index in [-0.39, 0.29) is 0 Å². The van der Waals surface area contributed by atoms with Gasteiger partial charge in [-0.2, -0.15) is 4.98 Å². The normalized spacial score (nSPS) is 31.8. The van der Waals surface area contributed by atoms with Crippen molar-refractivity contribution in [1.82, 2.24) is 9.55 Å². The highest BCUT2D eigenvalue weighted by molar-refractivity contribution is 5.26. The third-order valence-corrected chi connectivity index (χ3v) is 2.63. The van der Waals surface area contributed by atoms with E-state index in [4.69, 9.17) is 15.6 Å². The summed E-state index contributed by atoms with van der Waals surface area (Å²) in [5, 5.41) is 8.76. The average Bonchev–Trinajstić information content (AvgIpc) is 2.61. The molecule has 1 fully saturated rings. The predicted molar refractivity (Wildman–Crippen MR) is 53.7 cm³/mol. The van der Waals surface area contributed by atoms with E-state index >= 15 is 0 Å². The second-order valence-corrected chi connectivity index (χ2v) is 3.80. The summed E-state index contributed by atoms with van der Waals surface area (Å²) in [5.41, 5.74) is 3.99. The van der Waals surface area contributed by atoms with Crippen molar-refractivity contribution in [2.45, 2.75) is 24.7 Å². The molecule has 0 radical (unpaired) electrons. The topological polar surface area (TPSA) is 90.4 Å². The van der Waals surface area contributed by atoms with Gasteiger partial charge in [-0.15, -0.1) is 0 Å². The van der Waals surface area contributed by atoms with E-state index in [1.165, 1.54) is 0 Å². The Balaban J connectivity index is 2.39. The highest BCUT2D eigenvalue weighted by Crippen LogP contribution is 2.32. The summed E-state index contributed by atoms with van der Waals surface area (Å²) < 4.78 is 45.3. The van der Waals surface area contributed by atoms with Gasteiger partial charge in [-0.3, -0.25) is 4.57 Å². The number of hydrogen-bond donors (Lipinski definition) is 2. The van der Waals surface area contributed by atoms with E-state index in [0.717, 1.165) is 0 Å². The van der Waals surface area contributed by atoms with Crippen LogP contribution in [-0.4, -0.2) is 39.7 Å². The second kappa shape index (κ2) is 4.58. The van der Waals surface area contributed by atoms with E-state index in [1.54, 1.807) is 0 Å². The molecule has 2 heterocycles. The fourth-order valence-electron chi connectivity index (χ4n) is 1.69. The summed E-state index contributed by atoms with van der Waals surface area (Å²) in [6.07, 6.45) is -6.80. The van der Waals surface area contributed by atoms with Gasteiger partial charge in [-0.05, 0) is 0 Å². The molecule has 100 valence electrons. The standard InChI is InChI=1S/C9H10F3N3O3/c10-3-1-15(9(17)14-7(3)13)8-6(12)5(11)4(2-16)18-8/h1,4-6,8,16H,2H2,(H2,13,14,17)/t4-,5-,6-,8-/m1/s1. The number of aliphatic hydroxyl groups is 1. The van der Waals surface area contributed by atoms with E-state index in [1.807, 2.05) is 0 Å². The zero-order valence-corrected chi connectivity index (χ0v) is 8.96. The maximum atomic E-state index is 13.6. The first-order valence-electron chi connectivity index (χ1n) is 5.04. The zero-order valence-electron chi connectivity index (χ0n) is 8.96. The van der Waals surface area contributed by atoms with Crippen molar-refractivity contribution < 1.29 is 23.0 Å². The van der Waals surface area contributed by atoms with Crippen LogP contribution in [-0.2, 0) is 4.74 Å². The summed E-state index contributed by atoms with van der Waals surface area (Å²) in [6.45, 7) is -0.752. The number of rotatable bonds is 2. The number of aromatic nitrogens is 2. The third kappa shape index (κ3) is 1.95. The van der Waals surface area contributed by atoms with Gasteiger partial charge in [0.1, 0.15) is 6.10 Å². The lowest BCUT2D eigenvalue weighted by Gasteiger charge is -2.15. The largest absolute Gasteiger partial charge is 0.394 e. The molecule has 0 aromatic carbocycles. The van der Waals surface area contributed by atoms with Crippen LogP contribution in [0.4, 0.5) is 19.0 Å². The first-order valence-corrected chi connectivity index (χ1v) is 5.04. The van der Waals surface area contributed by atoms with Gasteiger partial charge in [-0.1, -0.05) is 0 Å². The number of alkyl halides is 2. The van der Waals surface area contributed by atoms with Crippen LogP contribution in [0.2, 0.25) is 0 Å². The van der Waals surface area contributed by atoms with Gasteiger partial charge < -0.3 is 15.6 Å². The molecule has 9 heteroatoms. The molecule has 18 heavy (non-hydrogen) atoms. The lowest BCUT2D eigenvalue weighted by Crippen LogP contribution is -2.32. The van der Waals surface area contributed by atoms with E-state index < -0.39 is 48.6 Å². The molecule has 3 N–H and O–H groups in total. The molecule has 0 unspecified atom stereocenters. The van der Waals surface area contributed by atoms with Crippen LogP contribution in [0, 0.1) is 5.82 Å². The fourth-order valence-corrected chi connectivity index (χ4v) is 1.69. The molecule has 1 saturated heterocycles. The Morgan fingerprint density at radius 2 is 2.17 bits per heavy atom. The van der Waals surface area contributed by atoms with Crippen molar-refractivity contribution in [1.29, 1.82) is 0 Å². The summed E-state index contributed by atoms with van der Waals surface area (Å²) in [6, 6.07) is 0. The number of hydrogen-bond acceptors (Lipinski definition) is 5. The third-order valence-electron chi connectivity index (χ3n) is 2.63. The molecular weight excluding hydrogens is 255 g/mol. The fraction of sp³-hybridized carbons (Fsp3) is 0.556. The van der Waals surface area contributed by atoms with Gasteiger partial charge in [0.25, 0.3) is 0 Å². The van der Waals surface area contributed by atoms with Gasteiger partial charge in [0.05, 0.1) is 12.8 Å². The Kier molecular flexibility index (Phi) is 3.26. The van der Waals surface area contributed by atoms with E-state index in [0.29, 0.717) is 10.8 Å². The van der Waals surface area contributed by atoms with Crippen LogP contribution in [0.25, 0.3) is 0 Å². The molecule has 0 bridgehead atoms. The highest BCUT2D eigenvalue weighted by Gasteiger charge is 2.46.